The van der Waals surface area contributed by atoms with Gasteiger partial charge in [-0.25, -0.2) is 4.98 Å². The maximum atomic E-state index is 9.10. The number of nitrogens with zero attached hydrogens (tertiary/aromatic N) is 4. The van der Waals surface area contributed by atoms with Crippen molar-refractivity contribution < 1.29 is 23.2 Å². The van der Waals surface area contributed by atoms with Gasteiger partial charge in [0.15, 0.2) is 0 Å². The molecule has 0 unspecified atom stereocenters. The lowest BCUT2D eigenvalue weighted by atomic mass is 9.86. The molecule has 0 saturated carbocycles. The fraction of sp³-hybridized carbons (Fsp3) is 0.0580. The first-order valence-corrected chi connectivity index (χ1v) is 24.7. The molecule has 3 heterocycles. The Kier molecular flexibility index (Phi) is 9.02. The highest BCUT2D eigenvalue weighted by Gasteiger charge is 2.32. The Morgan fingerprint density at radius 2 is 1.00 bits per heavy atom. The number of hydrogen-bond donors (Lipinski definition) is 0. The number of fused-ring (bicyclic) bond motifs is 4. The summed E-state index contributed by atoms with van der Waals surface area (Å²) in [6.45, 7) is 6.58. The number of aromatic nitrogens is 2. The second kappa shape index (κ2) is 19.1. The third-order valence-corrected chi connectivity index (χ3v) is 14.2. The van der Waals surface area contributed by atoms with Crippen molar-refractivity contribution in [2.45, 2.75) is 20.8 Å². The van der Waals surface area contributed by atoms with E-state index >= 15 is 0 Å². The van der Waals surface area contributed by atoms with E-state index in [1.807, 2.05) is 131 Å². The molecule has 0 atom stereocenters. The summed E-state index contributed by atoms with van der Waals surface area (Å²) in [7, 11) is 0. The lowest BCUT2D eigenvalue weighted by Gasteiger charge is -2.27. The summed E-state index contributed by atoms with van der Waals surface area (Å²) in [5.74, 6) is 3.10. The fourth-order valence-electron chi connectivity index (χ4n) is 10.6. The first-order valence-electron chi connectivity index (χ1n) is 29.7. The SMILES string of the molecule is [2H]c1c([2H])c([2H])c(-c2cccc(-c3c([2H])c([2H])c([2H])c([2H])c3[2H])c2N2CN(c3cccc(Oc4ccc5c6ccccc6n(-c6cc(Oc7c(-c8ccccc8)c(C)c(C)c(C)c7-c7ccccc7)ccn6)c5c4)c3)c3ccccc32)c([2H])c1[2H]. The highest BCUT2D eigenvalue weighted by atomic mass is 16.5. The lowest BCUT2D eigenvalue weighted by Crippen LogP contribution is -2.24. The Balaban J connectivity index is 0.889. The van der Waals surface area contributed by atoms with E-state index in [4.69, 9.17) is 28.2 Å². The lowest BCUT2D eigenvalue weighted by molar-refractivity contribution is 0.483. The van der Waals surface area contributed by atoms with Crippen LogP contribution in [-0.4, -0.2) is 16.2 Å². The van der Waals surface area contributed by atoms with Gasteiger partial charge in [-0.3, -0.25) is 4.57 Å². The van der Waals surface area contributed by atoms with E-state index in [1.54, 1.807) is 24.4 Å². The smallest absolute Gasteiger partial charge is 0.143 e. The third kappa shape index (κ3) is 8.14. The minimum absolute atomic E-state index is 0.0935. The number of ether oxygens (including phenoxy) is 2. The second-order valence-corrected chi connectivity index (χ2v) is 18.5. The third-order valence-electron chi connectivity index (χ3n) is 14.2. The average Bonchev–Trinajstić information content (AvgIpc) is 2.68. The van der Waals surface area contributed by atoms with Gasteiger partial charge in [0.1, 0.15) is 35.5 Å². The Bertz CT molecular complexity index is 4500. The zero-order valence-electron chi connectivity index (χ0n) is 51.2. The molecule has 0 saturated heterocycles. The Labute approximate surface area is 451 Å². The molecule has 360 valence electrons. The van der Waals surface area contributed by atoms with Crippen LogP contribution in [0.15, 0.2) is 249 Å². The van der Waals surface area contributed by atoms with Gasteiger partial charge in [0, 0.05) is 63.1 Å². The van der Waals surface area contributed by atoms with Crippen LogP contribution in [0.25, 0.3) is 72.1 Å². The standard InChI is InChI=1S/C69H52N4O2/c1-46-47(2)66(51-26-12-6-13-27-51)69(67(48(46)3)52-28-14-7-15-29-52)75-56-40-41-70-65(44-56)73-61-35-17-16-32-59(61)60-39-38-55(43-64(60)73)74-54-31-20-30-53(42-54)71-45-72(63-37-19-18-36-62(63)71)68-57(49-22-8-4-9-23-49)33-21-34-58(68)50-24-10-5-11-25-50/h4-44H,45H2,1-3H3/i4D,5D,8D,9D,10D,11D,22D,23D,24D,25D. The van der Waals surface area contributed by atoms with Gasteiger partial charge >= 0.3 is 0 Å². The van der Waals surface area contributed by atoms with Crippen molar-refractivity contribution in [2.75, 3.05) is 16.5 Å². The summed E-state index contributed by atoms with van der Waals surface area (Å²) in [4.78, 5) is 8.91. The van der Waals surface area contributed by atoms with Crippen LogP contribution in [0.3, 0.4) is 0 Å². The van der Waals surface area contributed by atoms with Gasteiger partial charge in [0.25, 0.3) is 0 Å². The predicted molar refractivity (Wildman–Crippen MR) is 310 cm³/mol. The number of benzene rings is 10. The van der Waals surface area contributed by atoms with Gasteiger partial charge in [-0.1, -0.05) is 176 Å². The quantitative estimate of drug-likeness (QED) is 0.129. The molecule has 0 fully saturated rings. The molecule has 12 aromatic rings. The van der Waals surface area contributed by atoms with Gasteiger partial charge in [0.05, 0.1) is 41.8 Å². The summed E-state index contributed by atoms with van der Waals surface area (Å²) in [5, 5.41) is 2.02. The first kappa shape index (κ1) is 35.5. The Morgan fingerprint density at radius 1 is 0.440 bits per heavy atom. The van der Waals surface area contributed by atoms with Crippen molar-refractivity contribution in [1.82, 2.24) is 9.55 Å². The van der Waals surface area contributed by atoms with E-state index in [9.17, 15) is 0 Å². The normalized spacial score (nSPS) is 14.0. The van der Waals surface area contributed by atoms with Crippen LogP contribution >= 0.6 is 0 Å². The van der Waals surface area contributed by atoms with Crippen molar-refractivity contribution in [3.05, 3.63) is 265 Å². The zero-order valence-corrected chi connectivity index (χ0v) is 41.2. The summed E-state index contributed by atoms with van der Waals surface area (Å²) >= 11 is 0. The largest absolute Gasteiger partial charge is 0.457 e. The second-order valence-electron chi connectivity index (χ2n) is 18.5. The summed E-state index contributed by atoms with van der Waals surface area (Å²) in [6, 6.07) is 53.8. The summed E-state index contributed by atoms with van der Waals surface area (Å²) < 4.78 is 104. The maximum absolute atomic E-state index is 9.10. The molecule has 0 N–H and O–H groups in total. The van der Waals surface area contributed by atoms with Crippen LogP contribution in [0.4, 0.5) is 22.7 Å². The van der Waals surface area contributed by atoms with Crippen LogP contribution in [0.2, 0.25) is 0 Å². The average molecular weight is 979 g/mol. The van der Waals surface area contributed by atoms with Crippen LogP contribution < -0.4 is 19.3 Å². The Morgan fingerprint density at radius 3 is 1.67 bits per heavy atom. The number of hydrogen-bond acceptors (Lipinski definition) is 5. The van der Waals surface area contributed by atoms with Gasteiger partial charge in [-0.2, -0.15) is 0 Å². The first-order chi connectivity index (χ1) is 41.1. The van der Waals surface area contributed by atoms with Crippen molar-refractivity contribution >= 4 is 44.6 Å². The zero-order chi connectivity index (χ0) is 59.1. The summed E-state index contributed by atoms with van der Waals surface area (Å²) in [5.41, 5.74) is 12.0. The van der Waals surface area contributed by atoms with Gasteiger partial charge < -0.3 is 19.3 Å². The van der Waals surface area contributed by atoms with Gasteiger partial charge in [-0.05, 0) is 108 Å². The molecule has 75 heavy (non-hydrogen) atoms. The van der Waals surface area contributed by atoms with E-state index < -0.39 is 60.4 Å². The molecule has 0 amide bonds. The highest BCUT2D eigenvalue weighted by Crippen LogP contribution is 2.51. The van der Waals surface area contributed by atoms with Crippen LogP contribution in [-0.2, 0) is 0 Å². The number of para-hydroxylation sites is 4. The van der Waals surface area contributed by atoms with E-state index in [0.717, 1.165) is 72.3 Å². The minimum Gasteiger partial charge on any atom is -0.457 e. The molecule has 13 rings (SSSR count). The van der Waals surface area contributed by atoms with E-state index in [1.165, 1.54) is 5.56 Å². The molecule has 0 bridgehead atoms. The minimum atomic E-state index is -0.559. The van der Waals surface area contributed by atoms with E-state index in [2.05, 4.69) is 67.8 Å². The van der Waals surface area contributed by atoms with Crippen LogP contribution in [0.5, 0.6) is 23.0 Å². The van der Waals surface area contributed by atoms with E-state index in [-0.39, 0.29) is 34.6 Å². The van der Waals surface area contributed by atoms with Crippen molar-refractivity contribution in [1.29, 1.82) is 0 Å². The number of rotatable bonds is 11. The predicted octanol–water partition coefficient (Wildman–Crippen LogP) is 18.6. The monoisotopic (exact) mass is 978 g/mol. The molecule has 2 aromatic heterocycles. The molecule has 1 aliphatic heterocycles. The van der Waals surface area contributed by atoms with Gasteiger partial charge in [0.2, 0.25) is 0 Å². The van der Waals surface area contributed by atoms with Crippen molar-refractivity contribution in [2.24, 2.45) is 0 Å². The molecule has 0 spiro atoms. The fourth-order valence-corrected chi connectivity index (χ4v) is 10.6. The summed E-state index contributed by atoms with van der Waals surface area (Å²) in [6.07, 6.45) is 1.78. The van der Waals surface area contributed by atoms with Gasteiger partial charge in [-0.15, -0.1) is 0 Å². The molecular weight excluding hydrogens is 917 g/mol. The molecule has 6 nitrogen and oxygen atoms in total. The van der Waals surface area contributed by atoms with E-state index in [0.29, 0.717) is 28.8 Å². The van der Waals surface area contributed by atoms with Crippen LogP contribution in [0, 0.1) is 20.8 Å². The molecule has 6 heteroatoms. The highest BCUT2D eigenvalue weighted by molar-refractivity contribution is 6.09. The van der Waals surface area contributed by atoms with Crippen molar-refractivity contribution in [3.8, 4) is 73.3 Å². The number of anilines is 4. The molecule has 0 aliphatic carbocycles. The van der Waals surface area contributed by atoms with Crippen molar-refractivity contribution in [3.63, 3.8) is 0 Å². The molecule has 1 aliphatic rings. The molecular formula is C69H52N4O2. The molecule has 10 aromatic carbocycles. The molecule has 0 radical (unpaired) electrons. The topological polar surface area (TPSA) is 42.8 Å². The number of pyridine rings is 1. The Hall–Kier alpha value is -9.65. The maximum Gasteiger partial charge on any atom is 0.143 e. The van der Waals surface area contributed by atoms with Crippen LogP contribution in [0.1, 0.15) is 30.4 Å².